The molecule has 3 aromatic rings. The van der Waals surface area contributed by atoms with Gasteiger partial charge in [-0.25, -0.2) is 0 Å². The van der Waals surface area contributed by atoms with Crippen LogP contribution in [0.1, 0.15) is 11.1 Å². The van der Waals surface area contributed by atoms with Gasteiger partial charge in [0.25, 0.3) is 0 Å². The van der Waals surface area contributed by atoms with E-state index in [1.54, 1.807) is 12.1 Å². The van der Waals surface area contributed by atoms with E-state index in [1.807, 2.05) is 13.0 Å². The molecule has 26 heavy (non-hydrogen) atoms. The molecule has 3 rings (SSSR count). The Kier molecular flexibility index (Phi) is 4.94. The van der Waals surface area contributed by atoms with E-state index in [1.165, 1.54) is 18.3 Å². The van der Waals surface area contributed by atoms with Gasteiger partial charge in [0, 0.05) is 16.4 Å². The van der Waals surface area contributed by atoms with Crippen molar-refractivity contribution in [2.45, 2.75) is 13.1 Å². The average molecular weight is 380 g/mol. The van der Waals surface area contributed by atoms with E-state index in [0.29, 0.717) is 16.5 Å². The van der Waals surface area contributed by atoms with Crippen molar-refractivity contribution in [2.24, 2.45) is 0 Å². The van der Waals surface area contributed by atoms with E-state index in [2.05, 4.69) is 25.8 Å². The summed E-state index contributed by atoms with van der Waals surface area (Å²) >= 11 is 6.07. The van der Waals surface area contributed by atoms with Crippen LogP contribution < -0.4 is 10.6 Å². The first kappa shape index (κ1) is 17.9. The number of nitrogens with zero attached hydrogens (tertiary/aromatic N) is 3. The highest BCUT2D eigenvalue weighted by atomic mass is 35.5. The van der Waals surface area contributed by atoms with Crippen molar-refractivity contribution in [3.8, 4) is 0 Å². The standard InChI is InChI=1S/C17H13ClF3N5/c1-10-13(18)3-2-4-14(10)24-16-25-15(9-22-26-16)23-12-7-5-11(6-8-12)17(19,20)21/h2-9H,1H3,(H2,23,24,25,26). The molecule has 0 fully saturated rings. The summed E-state index contributed by atoms with van der Waals surface area (Å²) in [6, 6.07) is 9.99. The Labute approximate surface area is 152 Å². The molecule has 9 heteroatoms. The molecule has 0 spiro atoms. The van der Waals surface area contributed by atoms with Crippen LogP contribution >= 0.6 is 11.6 Å². The van der Waals surface area contributed by atoms with Crippen LogP contribution in [0.15, 0.2) is 48.7 Å². The molecular formula is C17H13ClF3N5. The van der Waals surface area contributed by atoms with Gasteiger partial charge in [0.15, 0.2) is 5.82 Å². The van der Waals surface area contributed by atoms with Gasteiger partial charge in [-0.3, -0.25) is 0 Å². The number of benzene rings is 2. The SMILES string of the molecule is Cc1c(Cl)cccc1Nc1nncc(Nc2ccc(C(F)(F)F)cc2)n1. The highest BCUT2D eigenvalue weighted by Gasteiger charge is 2.29. The highest BCUT2D eigenvalue weighted by Crippen LogP contribution is 2.30. The van der Waals surface area contributed by atoms with Crippen LogP contribution in [-0.2, 0) is 6.18 Å². The third-order valence-electron chi connectivity index (χ3n) is 3.56. The molecule has 0 saturated heterocycles. The zero-order valence-electron chi connectivity index (χ0n) is 13.5. The Hall–Kier alpha value is -2.87. The molecule has 1 heterocycles. The molecule has 1 aromatic heterocycles. The van der Waals surface area contributed by atoms with Crippen LogP contribution in [-0.4, -0.2) is 15.2 Å². The van der Waals surface area contributed by atoms with Crippen molar-refractivity contribution in [3.05, 3.63) is 64.8 Å². The quantitative estimate of drug-likeness (QED) is 0.640. The maximum absolute atomic E-state index is 12.6. The predicted molar refractivity (Wildman–Crippen MR) is 94.0 cm³/mol. The summed E-state index contributed by atoms with van der Waals surface area (Å²) in [5, 5.41) is 14.2. The fraction of sp³-hybridized carbons (Fsp3) is 0.118. The number of halogens is 4. The molecule has 5 nitrogen and oxygen atoms in total. The smallest absolute Gasteiger partial charge is 0.339 e. The molecule has 2 aromatic carbocycles. The van der Waals surface area contributed by atoms with Gasteiger partial charge in [-0.2, -0.15) is 23.3 Å². The van der Waals surface area contributed by atoms with Gasteiger partial charge in [0.1, 0.15) is 0 Å². The zero-order valence-corrected chi connectivity index (χ0v) is 14.2. The van der Waals surface area contributed by atoms with Gasteiger partial charge in [0.2, 0.25) is 5.95 Å². The lowest BCUT2D eigenvalue weighted by Gasteiger charge is -2.11. The summed E-state index contributed by atoms with van der Waals surface area (Å²) in [7, 11) is 0. The van der Waals surface area contributed by atoms with Crippen molar-refractivity contribution in [1.29, 1.82) is 0 Å². The van der Waals surface area contributed by atoms with E-state index < -0.39 is 11.7 Å². The van der Waals surface area contributed by atoms with Crippen molar-refractivity contribution in [3.63, 3.8) is 0 Å². The molecule has 134 valence electrons. The number of anilines is 4. The van der Waals surface area contributed by atoms with Crippen molar-refractivity contribution in [1.82, 2.24) is 15.2 Å². The topological polar surface area (TPSA) is 62.7 Å². The molecule has 0 bridgehead atoms. The second-order valence-electron chi connectivity index (χ2n) is 5.40. The normalized spacial score (nSPS) is 11.3. The first-order valence-electron chi connectivity index (χ1n) is 7.49. The second-order valence-corrected chi connectivity index (χ2v) is 5.81. The van der Waals surface area contributed by atoms with E-state index in [9.17, 15) is 13.2 Å². The van der Waals surface area contributed by atoms with Crippen molar-refractivity contribution in [2.75, 3.05) is 10.6 Å². The Morgan fingerprint density at radius 3 is 2.42 bits per heavy atom. The molecule has 0 aliphatic heterocycles. The van der Waals surface area contributed by atoms with Crippen molar-refractivity contribution < 1.29 is 13.2 Å². The summed E-state index contributed by atoms with van der Waals surface area (Å²) in [6.45, 7) is 1.85. The maximum Gasteiger partial charge on any atom is 0.416 e. The average Bonchev–Trinajstić information content (AvgIpc) is 2.59. The third kappa shape index (κ3) is 4.20. The first-order valence-corrected chi connectivity index (χ1v) is 7.87. The summed E-state index contributed by atoms with van der Waals surface area (Å²) in [5.41, 5.74) is 1.29. The lowest BCUT2D eigenvalue weighted by Crippen LogP contribution is -2.05. The summed E-state index contributed by atoms with van der Waals surface area (Å²) in [4.78, 5) is 4.24. The maximum atomic E-state index is 12.6. The van der Waals surface area contributed by atoms with Gasteiger partial charge in [-0.05, 0) is 48.9 Å². The Morgan fingerprint density at radius 1 is 1.00 bits per heavy atom. The molecule has 0 unspecified atom stereocenters. The first-order chi connectivity index (χ1) is 12.3. The minimum absolute atomic E-state index is 0.229. The predicted octanol–water partition coefficient (Wildman–Crippen LogP) is 5.34. The van der Waals surface area contributed by atoms with E-state index >= 15 is 0 Å². The minimum Gasteiger partial charge on any atom is -0.339 e. The largest absolute Gasteiger partial charge is 0.416 e. The summed E-state index contributed by atoms with van der Waals surface area (Å²) in [5.74, 6) is 0.564. The van der Waals surface area contributed by atoms with E-state index in [0.717, 1.165) is 23.4 Å². The van der Waals surface area contributed by atoms with Crippen LogP contribution in [0.4, 0.5) is 36.3 Å². The van der Waals surface area contributed by atoms with Crippen molar-refractivity contribution >= 4 is 34.7 Å². The molecule has 2 N–H and O–H groups in total. The number of aromatic nitrogens is 3. The fourth-order valence-electron chi connectivity index (χ4n) is 2.17. The minimum atomic E-state index is -4.37. The van der Waals surface area contributed by atoms with E-state index in [4.69, 9.17) is 11.6 Å². The molecule has 0 amide bonds. The fourth-order valence-corrected chi connectivity index (χ4v) is 2.35. The number of hydrogen-bond acceptors (Lipinski definition) is 5. The Bertz CT molecular complexity index is 913. The number of hydrogen-bond donors (Lipinski definition) is 2. The Balaban J connectivity index is 1.76. The van der Waals surface area contributed by atoms with Crippen LogP contribution in [0.3, 0.4) is 0 Å². The van der Waals surface area contributed by atoms with Gasteiger partial charge < -0.3 is 10.6 Å². The molecule has 0 aliphatic carbocycles. The van der Waals surface area contributed by atoms with Crippen LogP contribution in [0.2, 0.25) is 5.02 Å². The lowest BCUT2D eigenvalue weighted by molar-refractivity contribution is -0.137. The molecule has 0 radical (unpaired) electrons. The third-order valence-corrected chi connectivity index (χ3v) is 3.97. The van der Waals surface area contributed by atoms with Gasteiger partial charge in [0.05, 0.1) is 11.8 Å². The van der Waals surface area contributed by atoms with Crippen LogP contribution in [0.5, 0.6) is 0 Å². The number of nitrogens with one attached hydrogen (secondary N) is 2. The highest BCUT2D eigenvalue weighted by molar-refractivity contribution is 6.31. The van der Waals surface area contributed by atoms with Crippen LogP contribution in [0.25, 0.3) is 0 Å². The number of rotatable bonds is 4. The molecule has 0 saturated carbocycles. The molecule has 0 aliphatic rings. The monoisotopic (exact) mass is 379 g/mol. The molecular weight excluding hydrogens is 367 g/mol. The molecule has 0 atom stereocenters. The van der Waals surface area contributed by atoms with E-state index in [-0.39, 0.29) is 5.95 Å². The Morgan fingerprint density at radius 2 is 1.73 bits per heavy atom. The lowest BCUT2D eigenvalue weighted by atomic mass is 10.2. The number of alkyl halides is 3. The van der Waals surface area contributed by atoms with Crippen LogP contribution in [0, 0.1) is 6.92 Å². The summed E-state index contributed by atoms with van der Waals surface area (Å²) < 4.78 is 37.8. The van der Waals surface area contributed by atoms with Gasteiger partial charge in [-0.15, -0.1) is 5.10 Å². The second kappa shape index (κ2) is 7.17. The zero-order chi connectivity index (χ0) is 18.7. The summed E-state index contributed by atoms with van der Waals surface area (Å²) in [6.07, 6.45) is -3.01. The van der Waals surface area contributed by atoms with Gasteiger partial charge >= 0.3 is 6.18 Å². The van der Waals surface area contributed by atoms with Gasteiger partial charge in [-0.1, -0.05) is 17.7 Å².